The molecule has 0 aliphatic heterocycles. The first-order valence-corrected chi connectivity index (χ1v) is 4.33. The van der Waals surface area contributed by atoms with Gasteiger partial charge in [-0.15, -0.1) is 0 Å². The van der Waals surface area contributed by atoms with Crippen LogP contribution in [-0.4, -0.2) is 27.7 Å². The second-order valence-electron chi connectivity index (χ2n) is 3.01. The normalized spacial score (nSPS) is 10.3. The van der Waals surface area contributed by atoms with Crippen molar-refractivity contribution in [1.29, 1.82) is 0 Å². The van der Waals surface area contributed by atoms with Crippen LogP contribution in [0.5, 0.6) is 0 Å². The highest BCUT2D eigenvalue weighted by molar-refractivity contribution is 5.87. The molecule has 16 heavy (non-hydrogen) atoms. The van der Waals surface area contributed by atoms with Gasteiger partial charge < -0.3 is 4.74 Å². The van der Waals surface area contributed by atoms with Crippen molar-refractivity contribution in [1.82, 2.24) is 9.55 Å². The number of non-ortho nitro benzene ring substituents is 1. The van der Waals surface area contributed by atoms with Crippen molar-refractivity contribution < 1.29 is 14.5 Å². The molecule has 1 aromatic carbocycles. The average Bonchev–Trinajstić information content (AvgIpc) is 2.70. The molecule has 1 aromatic heterocycles. The number of hydrogen-bond donors (Lipinski definition) is 0. The van der Waals surface area contributed by atoms with Crippen molar-refractivity contribution in [2.45, 2.75) is 0 Å². The number of nitro groups is 1. The third-order valence-corrected chi connectivity index (χ3v) is 2.11. The number of carbonyl (C=O) groups is 1. The lowest BCUT2D eigenvalue weighted by Crippen LogP contribution is -2.09. The number of benzene rings is 1. The van der Waals surface area contributed by atoms with Gasteiger partial charge in [-0.2, -0.15) is 0 Å². The molecule has 0 bridgehead atoms. The number of aromatic nitrogens is 2. The minimum atomic E-state index is -0.636. The van der Waals surface area contributed by atoms with Gasteiger partial charge in [0.2, 0.25) is 0 Å². The van der Waals surface area contributed by atoms with E-state index in [9.17, 15) is 14.9 Å². The van der Waals surface area contributed by atoms with Crippen LogP contribution < -0.4 is 0 Å². The van der Waals surface area contributed by atoms with E-state index in [-0.39, 0.29) is 5.69 Å². The third kappa shape index (κ3) is 1.48. The molecule has 7 heteroatoms. The summed E-state index contributed by atoms with van der Waals surface area (Å²) in [5.74, 6) is 0. The molecule has 0 fully saturated rings. The zero-order chi connectivity index (χ0) is 11.7. The molecule has 7 nitrogen and oxygen atoms in total. The molecule has 0 unspecified atom stereocenters. The quantitative estimate of drug-likeness (QED) is 0.538. The van der Waals surface area contributed by atoms with Gasteiger partial charge in [0.1, 0.15) is 6.33 Å². The van der Waals surface area contributed by atoms with Crippen LogP contribution in [0.1, 0.15) is 0 Å². The smallest absolute Gasteiger partial charge is 0.419 e. The number of fused-ring (bicyclic) bond motifs is 1. The van der Waals surface area contributed by atoms with Crippen molar-refractivity contribution in [3.8, 4) is 0 Å². The molecule has 0 spiro atoms. The van der Waals surface area contributed by atoms with Crippen LogP contribution in [-0.2, 0) is 4.74 Å². The standard InChI is InChI=1S/C9H7N3O4/c1-16-9(13)11-5-10-7-3-2-6(12(14)15)4-8(7)11/h2-5H,1H3. The Morgan fingerprint density at radius 2 is 2.31 bits per heavy atom. The summed E-state index contributed by atoms with van der Waals surface area (Å²) in [7, 11) is 1.23. The molecule has 0 saturated carbocycles. The number of carbonyl (C=O) groups excluding carboxylic acids is 1. The topological polar surface area (TPSA) is 87.3 Å². The van der Waals surface area contributed by atoms with Gasteiger partial charge in [-0.3, -0.25) is 10.1 Å². The van der Waals surface area contributed by atoms with Gasteiger partial charge in [0.05, 0.1) is 23.1 Å². The largest absolute Gasteiger partial charge is 0.452 e. The van der Waals surface area contributed by atoms with E-state index in [1.165, 1.54) is 31.6 Å². The Labute approximate surface area is 89.4 Å². The molecular weight excluding hydrogens is 214 g/mol. The molecule has 1 heterocycles. The van der Waals surface area contributed by atoms with Crippen molar-refractivity contribution in [3.63, 3.8) is 0 Å². The number of nitro benzene ring substituents is 1. The zero-order valence-corrected chi connectivity index (χ0v) is 8.28. The summed E-state index contributed by atoms with van der Waals surface area (Å²) >= 11 is 0. The van der Waals surface area contributed by atoms with E-state index < -0.39 is 11.0 Å². The van der Waals surface area contributed by atoms with E-state index in [1.807, 2.05) is 0 Å². The van der Waals surface area contributed by atoms with Crippen LogP contribution in [0.25, 0.3) is 11.0 Å². The van der Waals surface area contributed by atoms with E-state index in [0.29, 0.717) is 11.0 Å². The van der Waals surface area contributed by atoms with Gasteiger partial charge in [0.25, 0.3) is 5.69 Å². The second kappa shape index (κ2) is 3.61. The Kier molecular flexibility index (Phi) is 2.28. The van der Waals surface area contributed by atoms with Gasteiger partial charge in [0.15, 0.2) is 0 Å². The lowest BCUT2D eigenvalue weighted by atomic mass is 10.3. The van der Waals surface area contributed by atoms with Crippen LogP contribution in [0.3, 0.4) is 0 Å². The third-order valence-electron chi connectivity index (χ3n) is 2.11. The van der Waals surface area contributed by atoms with Crippen molar-refractivity contribution in [2.75, 3.05) is 7.11 Å². The predicted molar refractivity (Wildman–Crippen MR) is 54.2 cm³/mol. The van der Waals surface area contributed by atoms with E-state index in [0.717, 1.165) is 4.57 Å². The molecule has 82 valence electrons. The van der Waals surface area contributed by atoms with E-state index >= 15 is 0 Å². The summed E-state index contributed by atoms with van der Waals surface area (Å²) in [6.07, 6.45) is 0.628. The maximum Gasteiger partial charge on any atom is 0.419 e. The summed E-state index contributed by atoms with van der Waals surface area (Å²) in [6.45, 7) is 0. The lowest BCUT2D eigenvalue weighted by molar-refractivity contribution is -0.384. The van der Waals surface area contributed by atoms with Gasteiger partial charge in [-0.25, -0.2) is 14.3 Å². The molecule has 0 aliphatic carbocycles. The lowest BCUT2D eigenvalue weighted by Gasteiger charge is -1.99. The number of nitrogens with zero attached hydrogens (tertiary/aromatic N) is 3. The summed E-state index contributed by atoms with van der Waals surface area (Å²) in [6, 6.07) is 4.09. The minimum absolute atomic E-state index is 0.0989. The highest BCUT2D eigenvalue weighted by Gasteiger charge is 2.13. The maximum absolute atomic E-state index is 11.3. The van der Waals surface area contributed by atoms with Crippen LogP contribution in [0.4, 0.5) is 10.5 Å². The highest BCUT2D eigenvalue weighted by Crippen LogP contribution is 2.19. The van der Waals surface area contributed by atoms with Gasteiger partial charge in [-0.1, -0.05) is 0 Å². The summed E-state index contributed by atoms with van der Waals surface area (Å²) < 4.78 is 5.63. The summed E-state index contributed by atoms with van der Waals surface area (Å²) in [4.78, 5) is 25.3. The van der Waals surface area contributed by atoms with Crippen molar-refractivity contribution in [2.24, 2.45) is 0 Å². The summed E-state index contributed by atoms with van der Waals surface area (Å²) in [5, 5.41) is 10.6. The fourth-order valence-corrected chi connectivity index (χ4v) is 1.35. The monoisotopic (exact) mass is 221 g/mol. The molecule has 0 radical (unpaired) electrons. The zero-order valence-electron chi connectivity index (χ0n) is 8.28. The second-order valence-corrected chi connectivity index (χ2v) is 3.01. The Morgan fingerprint density at radius 1 is 1.56 bits per heavy atom. The Hall–Kier alpha value is -2.44. The highest BCUT2D eigenvalue weighted by atomic mass is 16.6. The molecule has 0 atom stereocenters. The first-order valence-electron chi connectivity index (χ1n) is 4.33. The molecule has 0 N–H and O–H groups in total. The molecular formula is C9H7N3O4. The van der Waals surface area contributed by atoms with Crippen LogP contribution in [0.2, 0.25) is 0 Å². The average molecular weight is 221 g/mol. The Bertz CT molecular complexity index is 575. The van der Waals surface area contributed by atoms with Crippen molar-refractivity contribution >= 4 is 22.8 Å². The predicted octanol–water partition coefficient (Wildman–Crippen LogP) is 1.56. The number of ether oxygens (including phenoxy) is 1. The van der Waals surface area contributed by atoms with E-state index in [2.05, 4.69) is 9.72 Å². The van der Waals surface area contributed by atoms with Crippen LogP contribution >= 0.6 is 0 Å². The fraction of sp³-hybridized carbons (Fsp3) is 0.111. The number of imidazole rings is 1. The Balaban J connectivity index is 2.64. The van der Waals surface area contributed by atoms with Gasteiger partial charge in [0, 0.05) is 12.1 Å². The SMILES string of the molecule is COC(=O)n1cnc2ccc([N+](=O)[O-])cc21. The fourth-order valence-electron chi connectivity index (χ4n) is 1.35. The van der Waals surface area contributed by atoms with E-state index in [1.54, 1.807) is 0 Å². The number of rotatable bonds is 1. The number of methoxy groups -OCH3 is 1. The van der Waals surface area contributed by atoms with E-state index in [4.69, 9.17) is 0 Å². The van der Waals surface area contributed by atoms with Crippen LogP contribution in [0.15, 0.2) is 24.5 Å². The van der Waals surface area contributed by atoms with Gasteiger partial charge in [-0.05, 0) is 6.07 Å². The molecule has 0 saturated heterocycles. The summed E-state index contributed by atoms with van der Waals surface area (Å²) in [5.41, 5.74) is 0.746. The van der Waals surface area contributed by atoms with Crippen LogP contribution in [0, 0.1) is 10.1 Å². The maximum atomic E-state index is 11.3. The molecule has 0 amide bonds. The first-order chi connectivity index (χ1) is 7.63. The van der Waals surface area contributed by atoms with Gasteiger partial charge >= 0.3 is 6.09 Å². The number of hydrogen-bond acceptors (Lipinski definition) is 5. The molecule has 2 rings (SSSR count). The molecule has 2 aromatic rings. The molecule has 0 aliphatic rings. The van der Waals surface area contributed by atoms with Crippen molar-refractivity contribution in [3.05, 3.63) is 34.6 Å². The first kappa shape index (κ1) is 10.1. The Morgan fingerprint density at radius 3 is 2.94 bits per heavy atom. The minimum Gasteiger partial charge on any atom is -0.452 e.